The van der Waals surface area contributed by atoms with E-state index < -0.39 is 116 Å². The van der Waals surface area contributed by atoms with E-state index in [2.05, 4.69) is 19.9 Å². The zero-order chi connectivity index (χ0) is 35.2. The first-order valence-corrected chi connectivity index (χ1v) is 11.0. The van der Waals surface area contributed by atoms with E-state index in [0.29, 0.717) is 0 Å². The van der Waals surface area contributed by atoms with Gasteiger partial charge in [0.05, 0.1) is 10.4 Å². The van der Waals surface area contributed by atoms with Gasteiger partial charge in [-0.15, -0.1) is 0 Å². The Bertz CT molecular complexity index is 1850. The van der Waals surface area contributed by atoms with Crippen molar-refractivity contribution in [1.29, 1.82) is 21.0 Å². The number of benzene rings is 1. The van der Waals surface area contributed by atoms with E-state index in [0.717, 1.165) is 24.3 Å². The molecule has 0 aliphatic rings. The van der Waals surface area contributed by atoms with Crippen LogP contribution in [0, 0.1) is 57.0 Å². The second-order valence-corrected chi connectivity index (χ2v) is 8.24. The molecule has 22 heteroatoms. The Kier molecular flexibility index (Phi) is 8.68. The molecule has 0 spiro atoms. The molecule has 3 aromatic rings. The fraction of sp³-hybridized carbons (Fsp3) is 0.167. The summed E-state index contributed by atoms with van der Waals surface area (Å²) < 4.78 is 191. The van der Waals surface area contributed by atoms with E-state index in [1.165, 1.54) is 0 Å². The fourth-order valence-corrected chi connectivity index (χ4v) is 3.50. The zero-order valence-electron chi connectivity index (χ0n) is 21.0. The predicted octanol–water partition coefficient (Wildman–Crippen LogP) is 4.81. The third kappa shape index (κ3) is 6.46. The quantitative estimate of drug-likeness (QED) is 0.354. The van der Waals surface area contributed by atoms with E-state index in [4.69, 9.17) is 0 Å². The van der Waals surface area contributed by atoms with Crippen molar-refractivity contribution in [3.8, 4) is 24.3 Å². The summed E-state index contributed by atoms with van der Waals surface area (Å²) in [6, 6.07) is 2.20. The van der Waals surface area contributed by atoms with Crippen LogP contribution in [-0.2, 0) is 24.7 Å². The van der Waals surface area contributed by atoms with E-state index in [1.807, 2.05) is 0 Å². The molecule has 0 aliphatic heterocycles. The molecule has 0 amide bonds. The number of aromatic nitrogens is 4. The van der Waals surface area contributed by atoms with Crippen LogP contribution in [0.5, 0.6) is 0 Å². The molecule has 3 rings (SSSR count). The first-order chi connectivity index (χ1) is 21.0. The van der Waals surface area contributed by atoms with Gasteiger partial charge in [-0.3, -0.25) is 0 Å². The average Bonchev–Trinajstić information content (AvgIpc) is 2.94. The van der Waals surface area contributed by atoms with Crippen LogP contribution in [0.4, 0.5) is 61.5 Å². The van der Waals surface area contributed by atoms with Gasteiger partial charge in [-0.1, -0.05) is 0 Å². The van der Waals surface area contributed by atoms with E-state index in [-0.39, 0.29) is 0 Å². The van der Waals surface area contributed by atoms with Crippen molar-refractivity contribution < 1.29 is 61.5 Å². The van der Waals surface area contributed by atoms with Gasteiger partial charge < -0.3 is 0 Å². The Hall–Kier alpha value is -5.90. The summed E-state index contributed by atoms with van der Waals surface area (Å²) in [5.41, 5.74) is -16.9. The number of alkyl halides is 12. The van der Waals surface area contributed by atoms with Crippen LogP contribution in [0.2, 0.25) is 0 Å². The minimum absolute atomic E-state index is 0.622. The highest BCUT2D eigenvalue weighted by molar-refractivity contribution is 5.77. The van der Waals surface area contributed by atoms with Crippen LogP contribution in [-0.4, -0.2) is 19.9 Å². The second-order valence-electron chi connectivity index (χ2n) is 8.24. The van der Waals surface area contributed by atoms with Gasteiger partial charge in [0, 0.05) is 0 Å². The van der Waals surface area contributed by atoms with Crippen molar-refractivity contribution in [2.45, 2.75) is 24.7 Å². The molecule has 0 atom stereocenters. The summed E-state index contributed by atoms with van der Waals surface area (Å²) in [6.45, 7) is 0. The lowest BCUT2D eigenvalue weighted by atomic mass is 9.97. The van der Waals surface area contributed by atoms with Crippen molar-refractivity contribution in [2.24, 2.45) is 0 Å². The summed E-state index contributed by atoms with van der Waals surface area (Å²) in [6.07, 6.45) is -22.7. The van der Waals surface area contributed by atoms with Crippen LogP contribution >= 0.6 is 0 Å². The molecule has 0 radical (unpaired) electrons. The Morgan fingerprint density at radius 1 is 0.478 bits per heavy atom. The lowest BCUT2D eigenvalue weighted by Gasteiger charge is -2.13. The van der Waals surface area contributed by atoms with Crippen molar-refractivity contribution in [3.05, 3.63) is 79.8 Å². The largest absolute Gasteiger partial charge is 0.433 e. The highest BCUT2D eigenvalue weighted by Gasteiger charge is 2.41. The topological polar surface area (TPSA) is 147 Å². The Balaban J connectivity index is 2.70. The second kappa shape index (κ2) is 11.6. The number of hydrogen-bond acceptors (Lipinski definition) is 8. The molecular formula is C24H2F14N8. The summed E-state index contributed by atoms with van der Waals surface area (Å²) in [4.78, 5) is 10.7. The minimum atomic E-state index is -5.67. The average molecular weight is 668 g/mol. The monoisotopic (exact) mass is 668 g/mol. The molecule has 46 heavy (non-hydrogen) atoms. The molecule has 2 aromatic heterocycles. The molecule has 1 aromatic carbocycles. The van der Waals surface area contributed by atoms with Crippen LogP contribution in [0.1, 0.15) is 45.6 Å². The Morgan fingerprint density at radius 3 is 0.891 bits per heavy atom. The van der Waals surface area contributed by atoms with Crippen LogP contribution in [0.3, 0.4) is 0 Å². The number of nitrogens with zero attached hydrogens (tertiary/aromatic N) is 8. The summed E-state index contributed by atoms with van der Waals surface area (Å²) >= 11 is 0. The maximum atomic E-state index is 15.8. The Morgan fingerprint density at radius 2 is 0.717 bits per heavy atom. The lowest BCUT2D eigenvalue weighted by Crippen LogP contribution is -2.32. The molecular weight excluding hydrogens is 666 g/mol. The zero-order valence-corrected chi connectivity index (χ0v) is 21.0. The van der Waals surface area contributed by atoms with Crippen molar-refractivity contribution >= 4 is 11.1 Å². The van der Waals surface area contributed by atoms with Crippen molar-refractivity contribution in [2.75, 3.05) is 0 Å². The van der Waals surface area contributed by atoms with Crippen molar-refractivity contribution in [3.63, 3.8) is 0 Å². The smallest absolute Gasteiger partial charge is 0.223 e. The van der Waals surface area contributed by atoms with Gasteiger partial charge in [0.2, 0.25) is 0 Å². The molecule has 236 valence electrons. The molecule has 0 unspecified atom stereocenters. The first kappa shape index (κ1) is 34.6. The number of halogens is 14. The highest BCUT2D eigenvalue weighted by Crippen LogP contribution is 2.35. The lowest BCUT2D eigenvalue weighted by molar-refractivity contribution is -0.149. The summed E-state index contributed by atoms with van der Waals surface area (Å²) in [7, 11) is 0. The van der Waals surface area contributed by atoms with E-state index in [9.17, 15) is 73.7 Å². The SMILES string of the molecule is N#C/C(c1nc(C(F)(F)F)cc(C(F)(F)F)n1)=c1\c(F)c(C#N)/c(=C(/C#N)c2nc(C(F)(F)F)cc(C(F)(F)F)n2)c(F)c1C#N. The number of rotatable bonds is 2. The van der Waals surface area contributed by atoms with Crippen LogP contribution in [0.25, 0.3) is 11.1 Å². The third-order valence-corrected chi connectivity index (χ3v) is 5.39. The van der Waals surface area contributed by atoms with Gasteiger partial charge >= 0.3 is 24.7 Å². The minimum Gasteiger partial charge on any atom is -0.223 e. The predicted molar refractivity (Wildman–Crippen MR) is 115 cm³/mol. The normalized spacial score (nSPS) is 13.6. The van der Waals surface area contributed by atoms with Crippen LogP contribution in [0.15, 0.2) is 12.1 Å². The maximum absolute atomic E-state index is 15.8. The fourth-order valence-electron chi connectivity index (χ4n) is 3.50. The van der Waals surface area contributed by atoms with Gasteiger partial charge in [-0.25, -0.2) is 28.7 Å². The molecule has 0 aliphatic carbocycles. The molecule has 0 saturated carbocycles. The third-order valence-electron chi connectivity index (χ3n) is 5.39. The Labute approximate surface area is 243 Å². The molecule has 2 heterocycles. The summed E-state index contributed by atoms with van der Waals surface area (Å²) in [5, 5.41) is 34.4. The van der Waals surface area contributed by atoms with Gasteiger partial charge in [-0.05, 0) is 12.1 Å². The van der Waals surface area contributed by atoms with Gasteiger partial charge in [0.1, 0.15) is 69.3 Å². The van der Waals surface area contributed by atoms with Gasteiger partial charge in [0.25, 0.3) is 0 Å². The molecule has 0 N–H and O–H groups in total. The standard InChI is InChI=1S/C24H2F14N8/c25-17-8(4-40)16(10(6-42)20-45-13(23(33,34)35)2-14(46-20)24(36,37)38)18(26)7(3-39)15(17)9(5-41)19-43-11(21(27,28)29)1-12(44-19)22(30,31)32/h1-2H/b15-9+,16-10+. The first-order valence-electron chi connectivity index (χ1n) is 11.0. The molecule has 8 nitrogen and oxygen atoms in total. The number of hydrogen-bond donors (Lipinski definition) is 0. The maximum Gasteiger partial charge on any atom is 0.433 e. The number of nitriles is 4. The summed E-state index contributed by atoms with van der Waals surface area (Å²) in [5.74, 6) is -8.54. The van der Waals surface area contributed by atoms with E-state index in [1.54, 1.807) is 0 Å². The van der Waals surface area contributed by atoms with Gasteiger partial charge in [-0.2, -0.15) is 73.7 Å². The molecule has 0 fully saturated rings. The highest BCUT2D eigenvalue weighted by atomic mass is 19.4. The van der Waals surface area contributed by atoms with Gasteiger partial charge in [0.15, 0.2) is 23.3 Å². The van der Waals surface area contributed by atoms with Crippen molar-refractivity contribution in [1.82, 2.24) is 19.9 Å². The van der Waals surface area contributed by atoms with E-state index >= 15 is 8.78 Å². The molecule has 0 saturated heterocycles. The van der Waals surface area contributed by atoms with Crippen LogP contribution < -0.4 is 10.4 Å². The molecule has 0 bridgehead atoms.